The maximum Gasteiger partial charge on any atom is 0.220 e. The second kappa shape index (κ2) is 7.65. The third kappa shape index (κ3) is 5.74. The normalized spacial score (nSPS) is 20.5. The van der Waals surface area contributed by atoms with Crippen LogP contribution in [-0.2, 0) is 9.53 Å². The number of nitrogens with one attached hydrogen (secondary N) is 1. The van der Waals surface area contributed by atoms with Gasteiger partial charge in [0.15, 0.2) is 0 Å². The van der Waals surface area contributed by atoms with E-state index in [0.717, 1.165) is 45.3 Å². The summed E-state index contributed by atoms with van der Waals surface area (Å²) in [6, 6.07) is 0. The van der Waals surface area contributed by atoms with E-state index < -0.39 is 0 Å². The number of ether oxygens (including phenoxy) is 1. The van der Waals surface area contributed by atoms with Gasteiger partial charge in [0.1, 0.15) is 0 Å². The summed E-state index contributed by atoms with van der Waals surface area (Å²) in [7, 11) is 0. The van der Waals surface area contributed by atoms with Crippen LogP contribution >= 0.6 is 0 Å². The van der Waals surface area contributed by atoms with Crippen LogP contribution in [0.1, 0.15) is 38.5 Å². The number of hydrogen-bond acceptors (Lipinski definition) is 3. The third-order valence-electron chi connectivity index (χ3n) is 2.66. The Labute approximate surface area is 91.5 Å². The minimum absolute atomic E-state index is 0.141. The first-order valence-electron chi connectivity index (χ1n) is 5.91. The fraction of sp³-hybridized carbons (Fsp3) is 0.909. The molecule has 0 aliphatic carbocycles. The molecule has 0 bridgehead atoms. The number of unbranched alkanes of at least 4 members (excludes halogenated alkanes) is 2. The molecule has 0 unspecified atom stereocenters. The molecule has 1 atom stereocenters. The molecule has 1 fully saturated rings. The zero-order chi connectivity index (χ0) is 10.9. The van der Waals surface area contributed by atoms with E-state index >= 15 is 0 Å². The van der Waals surface area contributed by atoms with Gasteiger partial charge in [0.05, 0.1) is 6.10 Å². The highest BCUT2D eigenvalue weighted by molar-refractivity contribution is 5.75. The van der Waals surface area contributed by atoms with Crippen molar-refractivity contribution in [2.75, 3.05) is 19.7 Å². The van der Waals surface area contributed by atoms with Gasteiger partial charge in [0.2, 0.25) is 5.91 Å². The van der Waals surface area contributed by atoms with E-state index in [4.69, 9.17) is 10.5 Å². The number of rotatable bonds is 7. The number of nitrogens with two attached hydrogens (primary N) is 1. The zero-order valence-corrected chi connectivity index (χ0v) is 9.34. The third-order valence-corrected chi connectivity index (χ3v) is 2.66. The van der Waals surface area contributed by atoms with E-state index in [0.29, 0.717) is 13.0 Å². The molecule has 88 valence electrons. The summed E-state index contributed by atoms with van der Waals surface area (Å²) in [5.41, 5.74) is 5.37. The van der Waals surface area contributed by atoms with Crippen LogP contribution in [0.5, 0.6) is 0 Å². The van der Waals surface area contributed by atoms with E-state index in [1.165, 1.54) is 0 Å². The molecular weight excluding hydrogens is 192 g/mol. The molecule has 4 nitrogen and oxygen atoms in total. The lowest BCUT2D eigenvalue weighted by atomic mass is 10.2. The molecule has 0 aromatic heterocycles. The molecule has 0 aromatic rings. The fourth-order valence-corrected chi connectivity index (χ4v) is 1.73. The lowest BCUT2D eigenvalue weighted by molar-refractivity contribution is -0.121. The first kappa shape index (κ1) is 12.5. The molecule has 15 heavy (non-hydrogen) atoms. The predicted molar refractivity (Wildman–Crippen MR) is 59.5 cm³/mol. The van der Waals surface area contributed by atoms with Crippen molar-refractivity contribution in [3.8, 4) is 0 Å². The molecule has 0 aromatic carbocycles. The Morgan fingerprint density at radius 2 is 2.27 bits per heavy atom. The first-order valence-corrected chi connectivity index (χ1v) is 5.91. The summed E-state index contributed by atoms with van der Waals surface area (Å²) in [4.78, 5) is 11.4. The van der Waals surface area contributed by atoms with E-state index in [1.54, 1.807) is 0 Å². The van der Waals surface area contributed by atoms with Gasteiger partial charge in [-0.3, -0.25) is 4.79 Å². The Hall–Kier alpha value is -0.610. The number of hydrogen-bond donors (Lipinski definition) is 2. The molecule has 1 rings (SSSR count). The maximum atomic E-state index is 11.4. The van der Waals surface area contributed by atoms with Crippen LogP contribution in [0.4, 0.5) is 0 Å². The number of carbonyl (C=O) groups excluding carboxylic acids is 1. The number of carbonyl (C=O) groups is 1. The average molecular weight is 214 g/mol. The van der Waals surface area contributed by atoms with Gasteiger partial charge in [-0.15, -0.1) is 0 Å². The van der Waals surface area contributed by atoms with Gasteiger partial charge in [-0.05, 0) is 32.2 Å². The van der Waals surface area contributed by atoms with Crippen molar-refractivity contribution in [1.82, 2.24) is 5.32 Å². The molecule has 1 saturated heterocycles. The van der Waals surface area contributed by atoms with Crippen molar-refractivity contribution >= 4 is 5.91 Å². The summed E-state index contributed by atoms with van der Waals surface area (Å²) < 4.78 is 5.42. The Balaban J connectivity index is 1.93. The van der Waals surface area contributed by atoms with E-state index in [-0.39, 0.29) is 12.0 Å². The highest BCUT2D eigenvalue weighted by Gasteiger charge is 2.15. The molecule has 1 aliphatic rings. The largest absolute Gasteiger partial charge is 0.376 e. The second-order valence-electron chi connectivity index (χ2n) is 4.04. The minimum Gasteiger partial charge on any atom is -0.376 e. The molecule has 1 aliphatic heterocycles. The molecule has 0 radical (unpaired) electrons. The second-order valence-corrected chi connectivity index (χ2v) is 4.04. The molecule has 1 heterocycles. The number of amides is 1. The van der Waals surface area contributed by atoms with E-state index in [9.17, 15) is 4.79 Å². The first-order chi connectivity index (χ1) is 7.33. The predicted octanol–water partition coefficient (Wildman–Crippen LogP) is 0.801. The van der Waals surface area contributed by atoms with Gasteiger partial charge < -0.3 is 15.8 Å². The molecule has 4 heteroatoms. The highest BCUT2D eigenvalue weighted by atomic mass is 16.5. The quantitative estimate of drug-likeness (QED) is 0.616. The Kier molecular flexibility index (Phi) is 6.36. The van der Waals surface area contributed by atoms with Crippen LogP contribution in [0.25, 0.3) is 0 Å². The summed E-state index contributed by atoms with van der Waals surface area (Å²) in [5.74, 6) is 0.141. The summed E-state index contributed by atoms with van der Waals surface area (Å²) in [6.07, 6.45) is 6.06. The molecule has 0 saturated carbocycles. The van der Waals surface area contributed by atoms with Gasteiger partial charge in [-0.2, -0.15) is 0 Å². The monoisotopic (exact) mass is 214 g/mol. The Bertz CT molecular complexity index is 179. The van der Waals surface area contributed by atoms with Gasteiger partial charge in [0, 0.05) is 19.6 Å². The topological polar surface area (TPSA) is 64.4 Å². The van der Waals surface area contributed by atoms with Gasteiger partial charge in [-0.25, -0.2) is 0 Å². The van der Waals surface area contributed by atoms with Crippen LogP contribution in [0.3, 0.4) is 0 Å². The van der Waals surface area contributed by atoms with Crippen molar-refractivity contribution in [2.45, 2.75) is 44.6 Å². The van der Waals surface area contributed by atoms with Crippen molar-refractivity contribution < 1.29 is 9.53 Å². The summed E-state index contributed by atoms with van der Waals surface area (Å²) >= 11 is 0. The Morgan fingerprint density at radius 3 is 2.93 bits per heavy atom. The minimum atomic E-state index is 0.141. The van der Waals surface area contributed by atoms with Gasteiger partial charge >= 0.3 is 0 Å². The standard InChI is InChI=1S/C11H22N2O2/c12-7-3-1-2-6-11(14)13-9-10-5-4-8-15-10/h10H,1-9,12H2,(H,13,14)/t10-/m0/s1. The van der Waals surface area contributed by atoms with Gasteiger partial charge in [-0.1, -0.05) is 6.42 Å². The Morgan fingerprint density at radius 1 is 1.40 bits per heavy atom. The van der Waals surface area contributed by atoms with Crippen LogP contribution in [0.2, 0.25) is 0 Å². The highest BCUT2D eigenvalue weighted by Crippen LogP contribution is 2.10. The molecular formula is C11H22N2O2. The zero-order valence-electron chi connectivity index (χ0n) is 9.34. The van der Waals surface area contributed by atoms with Crippen molar-refractivity contribution in [3.05, 3.63) is 0 Å². The lowest BCUT2D eigenvalue weighted by Crippen LogP contribution is -2.31. The summed E-state index contributed by atoms with van der Waals surface area (Å²) in [6.45, 7) is 2.24. The molecule has 0 spiro atoms. The van der Waals surface area contributed by atoms with Crippen LogP contribution in [0, 0.1) is 0 Å². The maximum absolute atomic E-state index is 11.4. The van der Waals surface area contributed by atoms with Crippen molar-refractivity contribution in [1.29, 1.82) is 0 Å². The van der Waals surface area contributed by atoms with Crippen molar-refractivity contribution in [2.24, 2.45) is 5.73 Å². The van der Waals surface area contributed by atoms with Crippen LogP contribution in [-0.4, -0.2) is 31.7 Å². The van der Waals surface area contributed by atoms with Crippen LogP contribution < -0.4 is 11.1 Å². The summed E-state index contributed by atoms with van der Waals surface area (Å²) in [5, 5.41) is 2.91. The van der Waals surface area contributed by atoms with Gasteiger partial charge in [0.25, 0.3) is 0 Å². The molecule has 1 amide bonds. The van der Waals surface area contributed by atoms with Crippen molar-refractivity contribution in [3.63, 3.8) is 0 Å². The average Bonchev–Trinajstić information content (AvgIpc) is 2.74. The van der Waals surface area contributed by atoms with E-state index in [2.05, 4.69) is 5.32 Å². The smallest absolute Gasteiger partial charge is 0.220 e. The lowest BCUT2D eigenvalue weighted by Gasteiger charge is -2.10. The van der Waals surface area contributed by atoms with Crippen LogP contribution in [0.15, 0.2) is 0 Å². The van der Waals surface area contributed by atoms with E-state index in [1.807, 2.05) is 0 Å². The molecule has 3 N–H and O–H groups in total. The SMILES string of the molecule is NCCCCCC(=O)NC[C@@H]1CCCO1. The fourth-order valence-electron chi connectivity index (χ4n) is 1.73.